The van der Waals surface area contributed by atoms with Gasteiger partial charge in [-0.2, -0.15) is 0 Å². The SMILES string of the molecule is NCC(N)Cc1ccc(Br)c(F)c1F. The van der Waals surface area contributed by atoms with Crippen molar-refractivity contribution < 1.29 is 8.78 Å². The zero-order valence-electron chi connectivity index (χ0n) is 7.43. The van der Waals surface area contributed by atoms with E-state index in [0.717, 1.165) is 0 Å². The summed E-state index contributed by atoms with van der Waals surface area (Å²) in [5.41, 5.74) is 11.1. The molecule has 1 rings (SSSR count). The van der Waals surface area contributed by atoms with Crippen molar-refractivity contribution in [1.29, 1.82) is 0 Å². The number of benzene rings is 1. The molecule has 0 saturated heterocycles. The lowest BCUT2D eigenvalue weighted by atomic mass is 10.1. The van der Waals surface area contributed by atoms with Crippen molar-refractivity contribution in [2.24, 2.45) is 11.5 Å². The van der Waals surface area contributed by atoms with E-state index in [-0.39, 0.29) is 29.0 Å². The molecule has 0 radical (unpaired) electrons. The molecule has 1 aromatic rings. The fourth-order valence-corrected chi connectivity index (χ4v) is 1.40. The summed E-state index contributed by atoms with van der Waals surface area (Å²) < 4.78 is 26.4. The minimum atomic E-state index is -0.883. The lowest BCUT2D eigenvalue weighted by molar-refractivity contribution is 0.489. The van der Waals surface area contributed by atoms with Crippen LogP contribution in [0.1, 0.15) is 5.56 Å². The van der Waals surface area contributed by atoms with Crippen LogP contribution in [0.5, 0.6) is 0 Å². The zero-order chi connectivity index (χ0) is 10.7. The molecule has 0 aliphatic carbocycles. The van der Waals surface area contributed by atoms with Crippen molar-refractivity contribution in [3.63, 3.8) is 0 Å². The van der Waals surface area contributed by atoms with E-state index in [1.807, 2.05) is 0 Å². The number of nitrogens with two attached hydrogens (primary N) is 2. The van der Waals surface area contributed by atoms with Gasteiger partial charge in [0.2, 0.25) is 0 Å². The van der Waals surface area contributed by atoms with Crippen molar-refractivity contribution in [2.45, 2.75) is 12.5 Å². The summed E-state index contributed by atoms with van der Waals surface area (Å²) >= 11 is 2.89. The van der Waals surface area contributed by atoms with Crippen molar-refractivity contribution in [1.82, 2.24) is 0 Å². The van der Waals surface area contributed by atoms with Crippen LogP contribution < -0.4 is 11.5 Å². The maximum atomic E-state index is 13.3. The maximum absolute atomic E-state index is 13.3. The third-order valence-corrected chi connectivity index (χ3v) is 2.51. The third-order valence-electron chi connectivity index (χ3n) is 1.90. The first-order valence-electron chi connectivity index (χ1n) is 4.14. The molecule has 0 fully saturated rings. The number of hydrogen-bond acceptors (Lipinski definition) is 2. The molecule has 0 spiro atoms. The largest absolute Gasteiger partial charge is 0.329 e. The van der Waals surface area contributed by atoms with Gasteiger partial charge >= 0.3 is 0 Å². The van der Waals surface area contributed by atoms with Crippen LogP contribution in [0.3, 0.4) is 0 Å². The van der Waals surface area contributed by atoms with E-state index in [2.05, 4.69) is 15.9 Å². The molecule has 1 aromatic carbocycles. The molecular formula is C9H11BrF2N2. The second-order valence-electron chi connectivity index (χ2n) is 3.03. The Bertz CT molecular complexity index is 331. The molecule has 1 atom stereocenters. The second-order valence-corrected chi connectivity index (χ2v) is 3.89. The standard InChI is InChI=1S/C9H11BrF2N2/c10-7-2-1-5(3-6(14)4-13)8(11)9(7)12/h1-2,6H,3-4,13-14H2. The first kappa shape index (κ1) is 11.6. The molecule has 0 aliphatic rings. The maximum Gasteiger partial charge on any atom is 0.173 e. The van der Waals surface area contributed by atoms with E-state index in [1.165, 1.54) is 12.1 Å². The molecule has 78 valence electrons. The summed E-state index contributed by atoms with van der Waals surface area (Å²) in [6, 6.07) is 2.61. The monoisotopic (exact) mass is 264 g/mol. The van der Waals surface area contributed by atoms with Crippen molar-refractivity contribution in [3.05, 3.63) is 33.8 Å². The van der Waals surface area contributed by atoms with Gasteiger partial charge in [-0.3, -0.25) is 0 Å². The van der Waals surface area contributed by atoms with Gasteiger partial charge in [-0.05, 0) is 34.0 Å². The molecule has 5 heteroatoms. The highest BCUT2D eigenvalue weighted by Crippen LogP contribution is 2.21. The highest BCUT2D eigenvalue weighted by molar-refractivity contribution is 9.10. The topological polar surface area (TPSA) is 52.0 Å². The number of rotatable bonds is 3. The van der Waals surface area contributed by atoms with Gasteiger partial charge < -0.3 is 11.5 Å². The predicted octanol–water partition coefficient (Wildman–Crippen LogP) is 1.56. The van der Waals surface area contributed by atoms with Crippen LogP contribution in [-0.4, -0.2) is 12.6 Å². The predicted molar refractivity (Wildman–Crippen MR) is 54.8 cm³/mol. The van der Waals surface area contributed by atoms with Crippen LogP contribution in [0, 0.1) is 11.6 Å². The molecular weight excluding hydrogens is 254 g/mol. The Morgan fingerprint density at radius 1 is 1.29 bits per heavy atom. The van der Waals surface area contributed by atoms with Gasteiger partial charge in [0.05, 0.1) is 4.47 Å². The third kappa shape index (κ3) is 2.50. The van der Waals surface area contributed by atoms with Gasteiger partial charge in [0.15, 0.2) is 11.6 Å². The highest BCUT2D eigenvalue weighted by atomic mass is 79.9. The van der Waals surface area contributed by atoms with Gasteiger partial charge in [-0.1, -0.05) is 6.07 Å². The Hall–Kier alpha value is -0.520. The molecule has 14 heavy (non-hydrogen) atoms. The smallest absolute Gasteiger partial charge is 0.173 e. The summed E-state index contributed by atoms with van der Waals surface area (Å²) in [4.78, 5) is 0. The average molecular weight is 265 g/mol. The van der Waals surface area contributed by atoms with Gasteiger partial charge in [0.1, 0.15) is 0 Å². The van der Waals surface area contributed by atoms with Crippen LogP contribution in [0.25, 0.3) is 0 Å². The van der Waals surface area contributed by atoms with Gasteiger partial charge in [-0.25, -0.2) is 8.78 Å². The fraction of sp³-hybridized carbons (Fsp3) is 0.333. The van der Waals surface area contributed by atoms with Crippen LogP contribution >= 0.6 is 15.9 Å². The lowest BCUT2D eigenvalue weighted by Gasteiger charge is -2.10. The van der Waals surface area contributed by atoms with Crippen LogP contribution in [0.4, 0.5) is 8.78 Å². The fourth-order valence-electron chi connectivity index (χ4n) is 1.09. The van der Waals surface area contributed by atoms with Crippen molar-refractivity contribution >= 4 is 15.9 Å². The van der Waals surface area contributed by atoms with Gasteiger partial charge in [0.25, 0.3) is 0 Å². The Labute approximate surface area is 89.4 Å². The molecule has 0 saturated carbocycles. The van der Waals surface area contributed by atoms with E-state index < -0.39 is 11.6 Å². The van der Waals surface area contributed by atoms with E-state index >= 15 is 0 Å². The van der Waals surface area contributed by atoms with E-state index in [9.17, 15) is 8.78 Å². The molecule has 0 aliphatic heterocycles. The molecule has 0 bridgehead atoms. The zero-order valence-corrected chi connectivity index (χ0v) is 9.02. The minimum Gasteiger partial charge on any atom is -0.329 e. The molecule has 2 nitrogen and oxygen atoms in total. The molecule has 4 N–H and O–H groups in total. The van der Waals surface area contributed by atoms with Crippen molar-refractivity contribution in [3.8, 4) is 0 Å². The number of hydrogen-bond donors (Lipinski definition) is 2. The number of halogens is 3. The van der Waals surface area contributed by atoms with Gasteiger partial charge in [-0.15, -0.1) is 0 Å². The summed E-state index contributed by atoms with van der Waals surface area (Å²) in [6.07, 6.45) is 0.243. The van der Waals surface area contributed by atoms with Crippen LogP contribution in [-0.2, 0) is 6.42 Å². The normalized spacial score (nSPS) is 12.9. The van der Waals surface area contributed by atoms with Gasteiger partial charge in [0, 0.05) is 12.6 Å². The molecule has 0 aromatic heterocycles. The second kappa shape index (κ2) is 4.82. The Morgan fingerprint density at radius 3 is 2.50 bits per heavy atom. The van der Waals surface area contributed by atoms with Crippen LogP contribution in [0.2, 0.25) is 0 Å². The first-order valence-corrected chi connectivity index (χ1v) is 4.93. The van der Waals surface area contributed by atoms with E-state index in [4.69, 9.17) is 11.5 Å². The highest BCUT2D eigenvalue weighted by Gasteiger charge is 2.13. The summed E-state index contributed by atoms with van der Waals surface area (Å²) in [5.74, 6) is -1.74. The van der Waals surface area contributed by atoms with E-state index in [0.29, 0.717) is 0 Å². The molecule has 1 unspecified atom stereocenters. The average Bonchev–Trinajstić information content (AvgIpc) is 2.19. The summed E-state index contributed by atoms with van der Waals surface area (Å²) in [5, 5.41) is 0. The Kier molecular flexibility index (Phi) is 3.97. The molecule has 0 heterocycles. The van der Waals surface area contributed by atoms with Crippen LogP contribution in [0.15, 0.2) is 16.6 Å². The lowest BCUT2D eigenvalue weighted by Crippen LogP contribution is -2.32. The van der Waals surface area contributed by atoms with Crippen molar-refractivity contribution in [2.75, 3.05) is 6.54 Å². The quantitative estimate of drug-likeness (QED) is 0.815. The molecule has 0 amide bonds. The Morgan fingerprint density at radius 2 is 1.93 bits per heavy atom. The Balaban J connectivity index is 2.94. The first-order chi connectivity index (χ1) is 6.56. The summed E-state index contributed by atoms with van der Waals surface area (Å²) in [7, 11) is 0. The summed E-state index contributed by atoms with van der Waals surface area (Å²) in [6.45, 7) is 0.247. The minimum absolute atomic E-state index is 0.111. The van der Waals surface area contributed by atoms with E-state index in [1.54, 1.807) is 0 Å².